The van der Waals surface area contributed by atoms with Crippen molar-refractivity contribution in [2.45, 2.75) is 45.2 Å². The van der Waals surface area contributed by atoms with Gasteiger partial charge in [0.1, 0.15) is 6.04 Å². The van der Waals surface area contributed by atoms with E-state index in [1.165, 1.54) is 31.1 Å². The average molecular weight is 261 g/mol. The quantitative estimate of drug-likeness (QED) is 0.800. The van der Waals surface area contributed by atoms with Crippen LogP contribution in [0, 0.1) is 5.92 Å². The molecule has 0 aromatic heterocycles. The van der Waals surface area contributed by atoms with Gasteiger partial charge < -0.3 is 10.1 Å². The molecule has 1 aliphatic rings. The second-order valence-electron chi connectivity index (χ2n) is 5.60. The number of hydrogen-bond acceptors (Lipinski definition) is 3. The van der Waals surface area contributed by atoms with Crippen molar-refractivity contribution in [3.8, 4) is 0 Å². The maximum absolute atomic E-state index is 11.7. The van der Waals surface area contributed by atoms with Crippen LogP contribution in [0.2, 0.25) is 0 Å². The second-order valence-corrected chi connectivity index (χ2v) is 5.60. The number of methoxy groups -OCH3 is 1. The van der Waals surface area contributed by atoms with Gasteiger partial charge in [-0.25, -0.2) is 0 Å². The van der Waals surface area contributed by atoms with Crippen LogP contribution in [-0.2, 0) is 16.1 Å². The third-order valence-electron chi connectivity index (χ3n) is 3.71. The summed E-state index contributed by atoms with van der Waals surface area (Å²) < 4.78 is 4.85. The van der Waals surface area contributed by atoms with Crippen LogP contribution in [0.5, 0.6) is 0 Å². The second kappa shape index (κ2) is 6.20. The van der Waals surface area contributed by atoms with Crippen molar-refractivity contribution in [3.63, 3.8) is 0 Å². The highest BCUT2D eigenvalue weighted by atomic mass is 16.5. The van der Waals surface area contributed by atoms with E-state index in [-0.39, 0.29) is 17.9 Å². The molecular weight excluding hydrogens is 238 g/mol. The highest BCUT2D eigenvalue weighted by Gasteiger charge is 2.27. The van der Waals surface area contributed by atoms with Gasteiger partial charge in [-0.1, -0.05) is 38.1 Å². The third-order valence-corrected chi connectivity index (χ3v) is 3.71. The summed E-state index contributed by atoms with van der Waals surface area (Å²) in [6, 6.07) is 8.27. The molecule has 1 aromatic rings. The molecule has 1 fully saturated rings. The van der Waals surface area contributed by atoms with Gasteiger partial charge in [0.15, 0.2) is 0 Å². The lowest BCUT2D eigenvalue weighted by atomic mass is 10.0. The van der Waals surface area contributed by atoms with Gasteiger partial charge >= 0.3 is 5.97 Å². The Morgan fingerprint density at radius 3 is 2.63 bits per heavy atom. The Morgan fingerprint density at radius 2 is 2.05 bits per heavy atom. The van der Waals surface area contributed by atoms with Gasteiger partial charge in [-0.2, -0.15) is 0 Å². The van der Waals surface area contributed by atoms with E-state index in [9.17, 15) is 4.79 Å². The van der Waals surface area contributed by atoms with Crippen LogP contribution in [0.25, 0.3) is 0 Å². The van der Waals surface area contributed by atoms with E-state index < -0.39 is 0 Å². The summed E-state index contributed by atoms with van der Waals surface area (Å²) in [5.74, 6) is 0.771. The third kappa shape index (κ3) is 3.57. The van der Waals surface area contributed by atoms with Crippen molar-refractivity contribution in [1.82, 2.24) is 5.32 Å². The summed E-state index contributed by atoms with van der Waals surface area (Å²) in [7, 11) is 1.44. The van der Waals surface area contributed by atoms with Gasteiger partial charge in [0.2, 0.25) is 0 Å². The van der Waals surface area contributed by atoms with Crippen molar-refractivity contribution in [2.24, 2.45) is 5.92 Å². The zero-order chi connectivity index (χ0) is 13.8. The first kappa shape index (κ1) is 14.1. The van der Waals surface area contributed by atoms with E-state index in [1.54, 1.807) is 0 Å². The Kier molecular flexibility index (Phi) is 4.59. The molecule has 1 saturated carbocycles. The van der Waals surface area contributed by atoms with Crippen LogP contribution >= 0.6 is 0 Å². The number of nitrogens with one attached hydrogen (secondary N) is 1. The highest BCUT2D eigenvalue weighted by molar-refractivity contribution is 5.75. The summed E-state index contributed by atoms with van der Waals surface area (Å²) in [6.07, 6.45) is 2.59. The molecule has 0 amide bonds. The average Bonchev–Trinajstić information content (AvgIpc) is 3.23. The normalized spacial score (nSPS) is 16.4. The molecule has 0 spiro atoms. The molecule has 0 aliphatic heterocycles. The number of carbonyl (C=O) groups is 1. The van der Waals surface area contributed by atoms with Crippen molar-refractivity contribution >= 4 is 5.97 Å². The Balaban J connectivity index is 2.02. The summed E-state index contributed by atoms with van der Waals surface area (Å²) in [5, 5.41) is 3.33. The largest absolute Gasteiger partial charge is 0.468 e. The van der Waals surface area contributed by atoms with Gasteiger partial charge in [0.05, 0.1) is 7.11 Å². The summed E-state index contributed by atoms with van der Waals surface area (Å²) >= 11 is 0. The number of ether oxygens (including phenoxy) is 1. The molecule has 0 radical (unpaired) electrons. The maximum Gasteiger partial charge on any atom is 0.323 e. The minimum absolute atomic E-state index is 0.182. The minimum atomic E-state index is -0.239. The summed E-state index contributed by atoms with van der Waals surface area (Å²) in [5.41, 5.74) is 2.74. The van der Waals surface area contributed by atoms with E-state index in [4.69, 9.17) is 4.74 Å². The Morgan fingerprint density at radius 1 is 1.37 bits per heavy atom. The molecular formula is C16H23NO2. The predicted octanol–water partition coefficient (Wildman–Crippen LogP) is 2.85. The zero-order valence-corrected chi connectivity index (χ0v) is 12.0. The van der Waals surface area contributed by atoms with E-state index >= 15 is 0 Å². The summed E-state index contributed by atoms with van der Waals surface area (Å²) in [6.45, 7) is 4.79. The van der Waals surface area contributed by atoms with Crippen molar-refractivity contribution in [1.29, 1.82) is 0 Å². The van der Waals surface area contributed by atoms with E-state index in [0.717, 1.165) is 12.5 Å². The molecule has 1 atom stereocenters. The van der Waals surface area contributed by atoms with Crippen LogP contribution in [-0.4, -0.2) is 19.1 Å². The van der Waals surface area contributed by atoms with Crippen molar-refractivity contribution < 1.29 is 9.53 Å². The first-order valence-corrected chi connectivity index (χ1v) is 7.02. The highest BCUT2D eigenvalue weighted by Crippen LogP contribution is 2.41. The van der Waals surface area contributed by atoms with E-state index in [0.29, 0.717) is 0 Å². The molecule has 3 heteroatoms. The maximum atomic E-state index is 11.7. The first-order chi connectivity index (χ1) is 9.13. The van der Waals surface area contributed by atoms with Gasteiger partial charge in [-0.05, 0) is 35.8 Å². The SMILES string of the molecule is COC(=O)[C@@H](NCc1ccccc1C1CC1)C(C)C. The number of benzene rings is 1. The monoisotopic (exact) mass is 261 g/mol. The van der Waals surface area contributed by atoms with Crippen LogP contribution in [0.1, 0.15) is 43.7 Å². The van der Waals surface area contributed by atoms with Gasteiger partial charge in [0.25, 0.3) is 0 Å². The first-order valence-electron chi connectivity index (χ1n) is 7.02. The lowest BCUT2D eigenvalue weighted by Crippen LogP contribution is -2.41. The number of rotatable bonds is 6. The molecule has 1 N–H and O–H groups in total. The van der Waals surface area contributed by atoms with Crippen LogP contribution in [0.4, 0.5) is 0 Å². The topological polar surface area (TPSA) is 38.3 Å². The standard InChI is InChI=1S/C16H23NO2/c1-11(2)15(16(18)19-3)17-10-13-6-4-5-7-14(13)12-8-9-12/h4-7,11-12,15,17H,8-10H2,1-3H3/t15-/m0/s1. The van der Waals surface area contributed by atoms with Crippen molar-refractivity contribution in [2.75, 3.05) is 7.11 Å². The molecule has 3 nitrogen and oxygen atoms in total. The molecule has 0 saturated heterocycles. The fourth-order valence-corrected chi connectivity index (χ4v) is 2.43. The van der Waals surface area contributed by atoms with E-state index in [2.05, 4.69) is 29.6 Å². The molecule has 104 valence electrons. The zero-order valence-electron chi connectivity index (χ0n) is 12.0. The predicted molar refractivity (Wildman–Crippen MR) is 75.9 cm³/mol. The smallest absolute Gasteiger partial charge is 0.323 e. The molecule has 2 rings (SSSR count). The van der Waals surface area contributed by atoms with Crippen molar-refractivity contribution in [3.05, 3.63) is 35.4 Å². The molecule has 0 bridgehead atoms. The molecule has 0 heterocycles. The van der Waals surface area contributed by atoms with Crippen LogP contribution in [0.3, 0.4) is 0 Å². The van der Waals surface area contributed by atoms with Crippen LogP contribution in [0.15, 0.2) is 24.3 Å². The van der Waals surface area contributed by atoms with Crippen LogP contribution < -0.4 is 5.32 Å². The lowest BCUT2D eigenvalue weighted by Gasteiger charge is -2.20. The van der Waals surface area contributed by atoms with Gasteiger partial charge in [-0.15, -0.1) is 0 Å². The molecule has 1 aromatic carbocycles. The van der Waals surface area contributed by atoms with Gasteiger partial charge in [-0.3, -0.25) is 4.79 Å². The fourth-order valence-electron chi connectivity index (χ4n) is 2.43. The molecule has 1 aliphatic carbocycles. The summed E-state index contributed by atoms with van der Waals surface area (Å²) in [4.78, 5) is 11.7. The number of esters is 1. The lowest BCUT2D eigenvalue weighted by molar-refractivity contribution is -0.144. The minimum Gasteiger partial charge on any atom is -0.468 e. The van der Waals surface area contributed by atoms with Gasteiger partial charge in [0, 0.05) is 6.54 Å². The number of hydrogen-bond donors (Lipinski definition) is 1. The Hall–Kier alpha value is -1.35. The Bertz CT molecular complexity index is 438. The Labute approximate surface area is 115 Å². The molecule has 19 heavy (non-hydrogen) atoms. The number of carbonyl (C=O) groups excluding carboxylic acids is 1. The fraction of sp³-hybridized carbons (Fsp3) is 0.562. The van der Waals surface area contributed by atoms with E-state index in [1.807, 2.05) is 13.8 Å². The molecule has 0 unspecified atom stereocenters.